The molecule has 0 radical (unpaired) electrons. The molecule has 0 aromatic heterocycles. The fourth-order valence-corrected chi connectivity index (χ4v) is 9.61. The molecule has 2 saturated heterocycles. The third-order valence-corrected chi connectivity index (χ3v) is 14.4. The summed E-state index contributed by atoms with van der Waals surface area (Å²) in [4.78, 5) is 96.0. The molecule has 0 spiro atoms. The van der Waals surface area contributed by atoms with E-state index in [2.05, 4.69) is 32.6 Å². The Morgan fingerprint density at radius 1 is 0.429 bits per heavy atom. The van der Waals surface area contributed by atoms with E-state index in [0.29, 0.717) is 51.5 Å². The predicted molar refractivity (Wildman–Crippen MR) is 296 cm³/mol. The summed E-state index contributed by atoms with van der Waals surface area (Å²) in [6.45, 7) is 10.2. The lowest BCUT2D eigenvalue weighted by molar-refractivity contribution is -0.166. The second-order valence-corrected chi connectivity index (χ2v) is 21.8. The van der Waals surface area contributed by atoms with E-state index in [4.69, 9.17) is 33.2 Å². The Morgan fingerprint density at radius 2 is 0.753 bits per heavy atom. The molecule has 17 heteroatoms. The maximum atomic E-state index is 13.8. The van der Waals surface area contributed by atoms with Gasteiger partial charge in [0.25, 0.3) is 0 Å². The molecular formula is C60H106N2O15. The van der Waals surface area contributed by atoms with Crippen LogP contribution >= 0.6 is 0 Å². The second kappa shape index (κ2) is 45.8. The van der Waals surface area contributed by atoms with E-state index in [-0.39, 0.29) is 97.2 Å². The molecule has 446 valence electrons. The van der Waals surface area contributed by atoms with E-state index < -0.39 is 66.0 Å². The first-order valence-electron chi connectivity index (χ1n) is 30.7. The average Bonchev–Trinajstić information content (AvgIpc) is 3.41. The van der Waals surface area contributed by atoms with Gasteiger partial charge in [-0.05, 0) is 44.9 Å². The van der Waals surface area contributed by atoms with E-state index in [1.54, 1.807) is 0 Å². The zero-order valence-electron chi connectivity index (χ0n) is 48.6. The summed E-state index contributed by atoms with van der Waals surface area (Å²) < 4.78 is 40.1. The number of piperidine rings is 2. The van der Waals surface area contributed by atoms with Crippen molar-refractivity contribution in [3.05, 3.63) is 0 Å². The van der Waals surface area contributed by atoms with Gasteiger partial charge in [-0.25, -0.2) is 4.79 Å². The van der Waals surface area contributed by atoms with Gasteiger partial charge in [0.2, 0.25) is 0 Å². The molecule has 2 atom stereocenters. The van der Waals surface area contributed by atoms with Crippen molar-refractivity contribution >= 4 is 41.9 Å². The Kier molecular flexibility index (Phi) is 41.1. The molecule has 0 bridgehead atoms. The number of hydrogen-bond acceptors (Lipinski definition) is 16. The van der Waals surface area contributed by atoms with Crippen molar-refractivity contribution in [2.24, 2.45) is 11.8 Å². The molecule has 2 aliphatic heterocycles. The number of esters is 6. The van der Waals surface area contributed by atoms with E-state index in [0.717, 1.165) is 142 Å². The molecule has 0 aliphatic carbocycles. The van der Waals surface area contributed by atoms with Crippen molar-refractivity contribution in [1.29, 1.82) is 0 Å². The van der Waals surface area contributed by atoms with Gasteiger partial charge in [0.1, 0.15) is 12.2 Å². The maximum Gasteiger partial charge on any atom is 0.410 e. The Balaban J connectivity index is 2.18. The second-order valence-electron chi connectivity index (χ2n) is 21.8. The van der Waals surface area contributed by atoms with Crippen LogP contribution in [0.4, 0.5) is 4.79 Å². The van der Waals surface area contributed by atoms with Crippen LogP contribution in [-0.4, -0.2) is 141 Å². The third-order valence-electron chi connectivity index (χ3n) is 14.4. The largest absolute Gasteiger partial charge is 0.465 e. The molecule has 77 heavy (non-hydrogen) atoms. The number of carbonyl (C=O) groups excluding carboxylic acids is 7. The van der Waals surface area contributed by atoms with Gasteiger partial charge in [-0.15, -0.1) is 0 Å². The minimum atomic E-state index is -0.922. The number of ether oxygens (including phenoxy) is 7. The Labute approximate surface area is 463 Å². The van der Waals surface area contributed by atoms with Crippen LogP contribution in [0.5, 0.6) is 0 Å². The number of aliphatic hydroxyl groups excluding tert-OH is 1. The van der Waals surface area contributed by atoms with Gasteiger partial charge < -0.3 is 48.1 Å². The van der Waals surface area contributed by atoms with Gasteiger partial charge in [-0.1, -0.05) is 156 Å². The first kappa shape index (κ1) is 69.1. The Bertz CT molecular complexity index is 1430. The first-order chi connectivity index (χ1) is 37.3. The lowest BCUT2D eigenvalue weighted by atomic mass is 10.0. The third kappa shape index (κ3) is 37.5. The summed E-state index contributed by atoms with van der Waals surface area (Å²) in [7, 11) is 0. The average molecular weight is 1100 g/mol. The van der Waals surface area contributed by atoms with E-state index in [1.807, 2.05) is 0 Å². The van der Waals surface area contributed by atoms with Crippen molar-refractivity contribution in [3.8, 4) is 0 Å². The Morgan fingerprint density at radius 3 is 1.09 bits per heavy atom. The first-order valence-corrected chi connectivity index (χ1v) is 30.7. The van der Waals surface area contributed by atoms with E-state index in [1.165, 1.54) is 4.90 Å². The molecule has 1 N–H and O–H groups in total. The van der Waals surface area contributed by atoms with Crippen LogP contribution in [0.2, 0.25) is 0 Å². The molecular weight excluding hydrogens is 989 g/mol. The fraction of sp³-hybridized carbons (Fsp3) is 0.883. The smallest absolute Gasteiger partial charge is 0.410 e. The SMILES string of the molecule is CCCCCCCCC(=O)OCC(COC(=O)CCCCCCCC)CC(=O)O[C@@H]1C[C@H](OC(=O)CC(COC(=O)CCCCCCCC)COC(=O)CCCCCCCC)CN(C(=O)OCCCN2CCC(O)CC2)C1. The number of nitrogens with zero attached hydrogens (tertiary/aromatic N) is 2. The van der Waals surface area contributed by atoms with Gasteiger partial charge in [0.05, 0.1) is 65.1 Å². The van der Waals surface area contributed by atoms with E-state index >= 15 is 0 Å². The fourth-order valence-electron chi connectivity index (χ4n) is 9.61. The highest BCUT2D eigenvalue weighted by molar-refractivity contribution is 5.73. The van der Waals surface area contributed by atoms with Crippen molar-refractivity contribution in [3.63, 3.8) is 0 Å². The summed E-state index contributed by atoms with van der Waals surface area (Å²) in [5.74, 6) is -4.29. The number of rotatable bonds is 46. The molecule has 0 unspecified atom stereocenters. The van der Waals surface area contributed by atoms with Crippen LogP contribution in [0.3, 0.4) is 0 Å². The Hall–Kier alpha value is -3.99. The molecule has 0 aromatic carbocycles. The molecule has 2 rings (SSSR count). The molecule has 0 aromatic rings. The molecule has 17 nitrogen and oxygen atoms in total. The number of hydrogen-bond donors (Lipinski definition) is 1. The molecule has 2 heterocycles. The maximum absolute atomic E-state index is 13.8. The molecule has 2 aliphatic rings. The quantitative estimate of drug-likeness (QED) is 0.0341. The lowest BCUT2D eigenvalue weighted by Gasteiger charge is -2.36. The number of carbonyl (C=O) groups is 7. The van der Waals surface area contributed by atoms with Crippen LogP contribution in [0, 0.1) is 11.8 Å². The summed E-state index contributed by atoms with van der Waals surface area (Å²) in [6, 6.07) is 0. The summed E-state index contributed by atoms with van der Waals surface area (Å²) >= 11 is 0. The summed E-state index contributed by atoms with van der Waals surface area (Å²) in [5, 5.41) is 9.90. The summed E-state index contributed by atoms with van der Waals surface area (Å²) in [6.07, 6.45) is 23.9. The van der Waals surface area contributed by atoms with Gasteiger partial charge in [-0.3, -0.25) is 28.8 Å². The minimum absolute atomic E-state index is 0.0421. The van der Waals surface area contributed by atoms with Gasteiger partial charge in [0, 0.05) is 63.6 Å². The van der Waals surface area contributed by atoms with Crippen LogP contribution in [0.1, 0.15) is 246 Å². The number of amides is 1. The zero-order chi connectivity index (χ0) is 56.1. The number of likely N-dealkylation sites (tertiary alicyclic amines) is 2. The van der Waals surface area contributed by atoms with Crippen LogP contribution in [-0.2, 0) is 61.9 Å². The van der Waals surface area contributed by atoms with E-state index in [9.17, 15) is 38.7 Å². The number of aliphatic hydroxyl groups is 1. The summed E-state index contributed by atoms with van der Waals surface area (Å²) in [5.41, 5.74) is 0. The molecule has 2 fully saturated rings. The highest BCUT2D eigenvalue weighted by atomic mass is 16.6. The van der Waals surface area contributed by atoms with Crippen LogP contribution in [0.15, 0.2) is 0 Å². The minimum Gasteiger partial charge on any atom is -0.465 e. The van der Waals surface area contributed by atoms with Crippen molar-refractivity contribution in [2.75, 3.05) is 65.8 Å². The topological polar surface area (TPSA) is 211 Å². The zero-order valence-corrected chi connectivity index (χ0v) is 48.6. The standard InChI is InChI=1S/C60H106N2O15/c1-5-9-13-17-21-25-30-54(64)72-45-49(46-73-55(65)31-26-22-18-14-10-6-2)40-58(68)76-52-42-53(44-62(43-52)60(70)71-39-29-36-61-37-34-51(63)35-38-61)77-59(69)41-50(47-74-56(66)32-27-23-19-15-11-7-3)48-75-57(67)33-28-24-20-16-12-8-4/h49-53,63H,5-48H2,1-4H3/t52-,53+. The lowest BCUT2D eigenvalue weighted by Crippen LogP contribution is -2.51. The monoisotopic (exact) mass is 1090 g/mol. The predicted octanol–water partition coefficient (Wildman–Crippen LogP) is 11.7. The normalized spacial score (nSPS) is 16.1. The molecule has 1 amide bonds. The van der Waals surface area contributed by atoms with Gasteiger partial charge in [-0.2, -0.15) is 0 Å². The highest BCUT2D eigenvalue weighted by Crippen LogP contribution is 2.22. The van der Waals surface area contributed by atoms with Gasteiger partial charge >= 0.3 is 41.9 Å². The highest BCUT2D eigenvalue weighted by Gasteiger charge is 2.36. The van der Waals surface area contributed by atoms with Crippen LogP contribution in [0.25, 0.3) is 0 Å². The molecule has 0 saturated carbocycles. The number of unbranched alkanes of at least 4 members (excludes halogenated alkanes) is 20. The van der Waals surface area contributed by atoms with Crippen molar-refractivity contribution < 1.29 is 71.8 Å². The van der Waals surface area contributed by atoms with Gasteiger partial charge in [0.15, 0.2) is 0 Å². The van der Waals surface area contributed by atoms with Crippen molar-refractivity contribution in [1.82, 2.24) is 9.80 Å². The van der Waals surface area contributed by atoms with Crippen molar-refractivity contribution in [2.45, 2.75) is 264 Å². The van der Waals surface area contributed by atoms with Crippen LogP contribution < -0.4 is 0 Å².